The van der Waals surface area contributed by atoms with Gasteiger partial charge in [0, 0.05) is 22.0 Å². The van der Waals surface area contributed by atoms with Crippen LogP contribution in [-0.4, -0.2) is 16.9 Å². The summed E-state index contributed by atoms with van der Waals surface area (Å²) < 4.78 is 0.364. The molecule has 0 bridgehead atoms. The smallest absolute Gasteiger partial charge is 0.201 e. The highest BCUT2D eigenvalue weighted by molar-refractivity contribution is 9.12. The number of benzene rings is 1. The van der Waals surface area contributed by atoms with Gasteiger partial charge >= 0.3 is 0 Å². The molecule has 0 fully saturated rings. The van der Waals surface area contributed by atoms with Gasteiger partial charge in [0.1, 0.15) is 0 Å². The minimum Gasteiger partial charge on any atom is -0.289 e. The fraction of sp³-hybridized carbons (Fsp3) is 0.0909. The molecule has 0 N–H and O–H groups in total. The van der Waals surface area contributed by atoms with E-state index in [-0.39, 0.29) is 11.6 Å². The number of hydrogen-bond donors (Lipinski definition) is 0. The minimum atomic E-state index is -0.125. The zero-order chi connectivity index (χ0) is 11.0. The Bertz CT molecular complexity index is 489. The third-order valence-corrected chi connectivity index (χ3v) is 3.69. The molecule has 1 aromatic carbocycles. The van der Waals surface area contributed by atoms with Gasteiger partial charge in [0.2, 0.25) is 5.78 Å². The quantitative estimate of drug-likeness (QED) is 0.742. The van der Waals surface area contributed by atoms with Gasteiger partial charge in [-0.15, -0.1) is 0 Å². The van der Waals surface area contributed by atoms with Gasteiger partial charge in [0.15, 0.2) is 5.78 Å². The number of fused-ring (bicyclic) bond motifs is 1. The van der Waals surface area contributed by atoms with Gasteiger partial charge in [0.25, 0.3) is 0 Å². The first-order valence-corrected chi connectivity index (χ1v) is 6.21. The molecule has 0 aliphatic heterocycles. The molecule has 2 rings (SSSR count). The lowest BCUT2D eigenvalue weighted by Crippen LogP contribution is -2.20. The Balaban J connectivity index is 2.68. The predicted molar refractivity (Wildman–Crippen MR) is 64.9 cm³/mol. The summed E-state index contributed by atoms with van der Waals surface area (Å²) in [5.41, 5.74) is 1.44. The third-order valence-electron chi connectivity index (χ3n) is 2.29. The Hall–Kier alpha value is -0.740. The first kappa shape index (κ1) is 10.8. The van der Waals surface area contributed by atoms with Crippen molar-refractivity contribution >= 4 is 43.4 Å². The summed E-state index contributed by atoms with van der Waals surface area (Å²) in [5, 5.41) is 0.381. The van der Waals surface area contributed by atoms with Gasteiger partial charge in [0.05, 0.1) is 4.48 Å². The second-order valence-electron chi connectivity index (χ2n) is 3.13. The minimum absolute atomic E-state index is 0.0889. The van der Waals surface area contributed by atoms with E-state index in [1.165, 1.54) is 0 Å². The van der Waals surface area contributed by atoms with Crippen LogP contribution in [0.2, 0.25) is 0 Å². The molecule has 1 aromatic rings. The maximum atomic E-state index is 11.9. The molecule has 2 nitrogen and oxygen atoms in total. The van der Waals surface area contributed by atoms with Crippen LogP contribution in [-0.2, 0) is 0 Å². The van der Waals surface area contributed by atoms with Crippen LogP contribution >= 0.6 is 31.9 Å². The number of halogens is 2. The van der Waals surface area contributed by atoms with Gasteiger partial charge in [-0.25, -0.2) is 0 Å². The molecule has 76 valence electrons. The fourth-order valence-corrected chi connectivity index (χ4v) is 2.96. The molecule has 0 atom stereocenters. The van der Waals surface area contributed by atoms with Crippen molar-refractivity contribution in [1.82, 2.24) is 0 Å². The predicted octanol–water partition coefficient (Wildman–Crippen LogP) is 3.11. The summed E-state index contributed by atoms with van der Waals surface area (Å²) in [5.74, 6) is -0.214. The molecular formula is C11H6Br2O2. The Morgan fingerprint density at radius 2 is 1.53 bits per heavy atom. The van der Waals surface area contributed by atoms with E-state index in [0.717, 1.165) is 0 Å². The molecule has 0 unspecified atom stereocenters. The van der Waals surface area contributed by atoms with Crippen molar-refractivity contribution in [3.63, 3.8) is 0 Å². The molecule has 1 aliphatic carbocycles. The van der Waals surface area contributed by atoms with Crippen LogP contribution < -0.4 is 0 Å². The van der Waals surface area contributed by atoms with Gasteiger partial charge in [-0.1, -0.05) is 40.2 Å². The number of carbonyl (C=O) groups is 2. The lowest BCUT2D eigenvalue weighted by molar-refractivity contribution is 0.0983. The monoisotopic (exact) mass is 328 g/mol. The van der Waals surface area contributed by atoms with Crippen molar-refractivity contribution in [2.45, 2.75) is 0 Å². The van der Waals surface area contributed by atoms with Crippen LogP contribution in [0.3, 0.4) is 0 Å². The topological polar surface area (TPSA) is 34.1 Å². The van der Waals surface area contributed by atoms with E-state index in [2.05, 4.69) is 31.9 Å². The molecule has 0 aromatic heterocycles. The molecular weight excluding hydrogens is 324 g/mol. The molecule has 1 aliphatic rings. The summed E-state index contributed by atoms with van der Waals surface area (Å²) in [4.78, 5) is 23.8. The van der Waals surface area contributed by atoms with E-state index < -0.39 is 0 Å². The average Bonchev–Trinajstić information content (AvgIpc) is 2.27. The molecule has 0 amide bonds. The Morgan fingerprint density at radius 1 is 1.00 bits per heavy atom. The van der Waals surface area contributed by atoms with E-state index in [1.54, 1.807) is 24.3 Å². The normalized spacial score (nSPS) is 15.6. The molecule has 0 radical (unpaired) electrons. The van der Waals surface area contributed by atoms with E-state index in [1.807, 2.05) is 0 Å². The van der Waals surface area contributed by atoms with Crippen molar-refractivity contribution in [2.24, 2.45) is 0 Å². The van der Waals surface area contributed by atoms with E-state index in [0.29, 0.717) is 26.5 Å². The second-order valence-corrected chi connectivity index (χ2v) is 4.48. The second kappa shape index (κ2) is 4.02. The molecule has 0 heterocycles. The lowest BCUT2D eigenvalue weighted by Gasteiger charge is -2.15. The molecule has 0 saturated heterocycles. The summed E-state index contributed by atoms with van der Waals surface area (Å²) >= 11 is 6.38. The third kappa shape index (κ3) is 1.62. The fourth-order valence-electron chi connectivity index (χ4n) is 1.52. The zero-order valence-electron chi connectivity index (χ0n) is 7.59. The Kier molecular flexibility index (Phi) is 2.89. The first-order valence-electron chi connectivity index (χ1n) is 4.30. The summed E-state index contributed by atoms with van der Waals surface area (Å²) in [6, 6.07) is 6.86. The van der Waals surface area contributed by atoms with E-state index >= 15 is 0 Å². The Labute approximate surface area is 104 Å². The van der Waals surface area contributed by atoms with Gasteiger partial charge < -0.3 is 0 Å². The Morgan fingerprint density at radius 3 is 2.07 bits per heavy atom. The van der Waals surface area contributed by atoms with Crippen LogP contribution in [0.4, 0.5) is 0 Å². The van der Waals surface area contributed by atoms with E-state index in [4.69, 9.17) is 0 Å². The largest absolute Gasteiger partial charge is 0.289 e. The van der Waals surface area contributed by atoms with E-state index in [9.17, 15) is 9.59 Å². The van der Waals surface area contributed by atoms with Gasteiger partial charge in [-0.2, -0.15) is 0 Å². The van der Waals surface area contributed by atoms with Crippen LogP contribution in [0.5, 0.6) is 0 Å². The number of alkyl halides is 1. The van der Waals surface area contributed by atoms with Crippen molar-refractivity contribution in [1.29, 1.82) is 0 Å². The lowest BCUT2D eigenvalue weighted by atomic mass is 9.90. The highest BCUT2D eigenvalue weighted by Gasteiger charge is 2.29. The SMILES string of the molecule is O=C1C(Br)=C(CBr)C(=O)c2ccccc21. The van der Waals surface area contributed by atoms with Gasteiger partial charge in [-0.3, -0.25) is 9.59 Å². The van der Waals surface area contributed by atoms with Crippen molar-refractivity contribution in [3.8, 4) is 0 Å². The number of carbonyl (C=O) groups excluding carboxylic acids is 2. The number of Topliss-reactive ketones (excluding diaryl/α,β-unsaturated/α-hetero) is 2. The van der Waals surface area contributed by atoms with Crippen molar-refractivity contribution < 1.29 is 9.59 Å². The zero-order valence-corrected chi connectivity index (χ0v) is 10.8. The van der Waals surface area contributed by atoms with Crippen LogP contribution in [0.1, 0.15) is 20.7 Å². The maximum absolute atomic E-state index is 11.9. The summed E-state index contributed by atoms with van der Waals surface area (Å²) in [6.07, 6.45) is 0. The summed E-state index contributed by atoms with van der Waals surface area (Å²) in [6.45, 7) is 0. The standard InChI is InChI=1S/C11H6Br2O2/c12-5-8-9(13)11(15)7-4-2-1-3-6(7)10(8)14/h1-4H,5H2. The van der Waals surface area contributed by atoms with Gasteiger partial charge in [-0.05, 0) is 15.9 Å². The number of hydrogen-bond acceptors (Lipinski definition) is 2. The maximum Gasteiger partial charge on any atom is 0.201 e. The highest BCUT2D eigenvalue weighted by atomic mass is 79.9. The highest BCUT2D eigenvalue weighted by Crippen LogP contribution is 2.30. The van der Waals surface area contributed by atoms with Crippen molar-refractivity contribution in [3.05, 3.63) is 45.4 Å². The number of rotatable bonds is 1. The van der Waals surface area contributed by atoms with Crippen molar-refractivity contribution in [2.75, 3.05) is 5.33 Å². The average molecular weight is 330 g/mol. The van der Waals surface area contributed by atoms with Crippen LogP contribution in [0.25, 0.3) is 0 Å². The van der Waals surface area contributed by atoms with Crippen LogP contribution in [0.15, 0.2) is 34.3 Å². The molecule has 15 heavy (non-hydrogen) atoms. The first-order chi connectivity index (χ1) is 7.16. The molecule has 0 saturated carbocycles. The number of allylic oxidation sites excluding steroid dienone is 2. The molecule has 0 spiro atoms. The molecule has 4 heteroatoms. The summed E-state index contributed by atoms with van der Waals surface area (Å²) in [7, 11) is 0. The number of ketones is 2. The van der Waals surface area contributed by atoms with Crippen LogP contribution in [0, 0.1) is 0 Å².